The molecule has 0 bridgehead atoms. The Hall–Kier alpha value is -7.18. The number of H-pyrrole nitrogens is 2. The molecule has 0 saturated carbocycles. The van der Waals surface area contributed by atoms with Crippen molar-refractivity contribution in [3.8, 4) is 34.1 Å². The highest BCUT2D eigenvalue weighted by Crippen LogP contribution is 2.37. The molecular weight excluding hydrogens is 964 g/mol. The van der Waals surface area contributed by atoms with Crippen molar-refractivity contribution in [2.24, 2.45) is 0 Å². The number of aromatic nitrogens is 4. The van der Waals surface area contributed by atoms with Crippen LogP contribution >= 0.6 is 23.2 Å². The Morgan fingerprint density at radius 2 is 0.944 bits per heavy atom. The lowest BCUT2D eigenvalue weighted by atomic mass is 9.92. The standard InChI is InChI=1S/C54H54Cl2N6O10/c1-31-33(27-69-49-21-47(71-29-51-59-43-13-3-4-14-44(43)60-51)35(17-41(49)55)23-57-25-37(63)19-53(65)66)9-7-11-39(31)40-12-8-10-34(32(40)2)28-70-50-22-48(72-30-52-61-45-15-5-6-16-46(45)62-52)36(18-42(50)56)24-58-26-38(64)20-54(67)68/h3-18,21-22,37-38,57-58,63-64H,19-20,23-30H2,1-2H3,(H,59,60)(H,61,62)(H,65,66)(H,67,68)/t37-,38-/m0/s1. The van der Waals surface area contributed by atoms with Crippen molar-refractivity contribution in [1.82, 2.24) is 30.6 Å². The minimum Gasteiger partial charge on any atom is -0.487 e. The largest absolute Gasteiger partial charge is 0.487 e. The van der Waals surface area contributed by atoms with Crippen LogP contribution in [0.25, 0.3) is 33.2 Å². The Morgan fingerprint density at radius 3 is 1.35 bits per heavy atom. The number of ether oxygens (including phenoxy) is 4. The second kappa shape index (κ2) is 23.8. The van der Waals surface area contributed by atoms with E-state index in [-0.39, 0.29) is 65.4 Å². The van der Waals surface area contributed by atoms with Crippen LogP contribution in [0.4, 0.5) is 0 Å². The Balaban J connectivity index is 0.970. The number of rotatable bonds is 25. The van der Waals surface area contributed by atoms with E-state index in [1.165, 1.54) is 0 Å². The number of aliphatic hydroxyl groups excluding tert-OH is 2. The predicted octanol–water partition coefficient (Wildman–Crippen LogP) is 9.20. The fourth-order valence-electron chi connectivity index (χ4n) is 8.23. The summed E-state index contributed by atoms with van der Waals surface area (Å²) in [4.78, 5) is 38.0. The zero-order valence-electron chi connectivity index (χ0n) is 39.5. The van der Waals surface area contributed by atoms with Gasteiger partial charge in [-0.25, -0.2) is 9.97 Å². The molecule has 8 N–H and O–H groups in total. The SMILES string of the molecule is Cc1c(COc2cc(OCc3nc4ccccc4[nH]3)c(CNC[C@@H](O)CC(=O)O)cc2Cl)cccc1-c1cccc(COc2cc(OCc3nc4ccccc4[nH]3)c(CNC[C@@H](O)CC(=O)O)cc2Cl)c1C. The third-order valence-electron chi connectivity index (χ3n) is 12.0. The van der Waals surface area contributed by atoms with Gasteiger partial charge in [-0.2, -0.15) is 0 Å². The van der Waals surface area contributed by atoms with E-state index in [1.807, 2.05) is 86.6 Å². The molecular formula is C54H54Cl2N6O10. The highest BCUT2D eigenvalue weighted by molar-refractivity contribution is 6.32. The van der Waals surface area contributed by atoms with Gasteiger partial charge in [-0.3, -0.25) is 9.59 Å². The van der Waals surface area contributed by atoms with Crippen molar-refractivity contribution < 1.29 is 49.0 Å². The summed E-state index contributed by atoms with van der Waals surface area (Å²) in [5.41, 5.74) is 10.6. The van der Waals surface area contributed by atoms with E-state index in [2.05, 4.69) is 42.7 Å². The zero-order chi connectivity index (χ0) is 50.7. The predicted molar refractivity (Wildman–Crippen MR) is 274 cm³/mol. The first-order valence-electron chi connectivity index (χ1n) is 23.2. The molecule has 374 valence electrons. The summed E-state index contributed by atoms with van der Waals surface area (Å²) >= 11 is 13.7. The van der Waals surface area contributed by atoms with Gasteiger partial charge in [0.1, 0.15) is 61.1 Å². The first-order chi connectivity index (χ1) is 34.8. The number of hydrogen-bond acceptors (Lipinski definition) is 12. The van der Waals surface area contributed by atoms with Crippen molar-refractivity contribution in [3.63, 3.8) is 0 Å². The number of nitrogens with one attached hydrogen (secondary N) is 4. The number of aliphatic carboxylic acids is 2. The van der Waals surface area contributed by atoms with Crippen molar-refractivity contribution >= 4 is 57.2 Å². The van der Waals surface area contributed by atoms with Gasteiger partial charge in [0, 0.05) is 49.4 Å². The van der Waals surface area contributed by atoms with Crippen molar-refractivity contribution in [3.05, 3.63) is 164 Å². The Morgan fingerprint density at radius 1 is 0.542 bits per heavy atom. The van der Waals surface area contributed by atoms with Crippen molar-refractivity contribution in [1.29, 1.82) is 0 Å². The molecule has 2 aromatic heterocycles. The molecule has 6 aromatic carbocycles. The molecule has 8 aromatic rings. The molecule has 18 heteroatoms. The lowest BCUT2D eigenvalue weighted by Gasteiger charge is -2.19. The van der Waals surface area contributed by atoms with E-state index in [0.717, 1.165) is 55.4 Å². The number of aromatic amines is 2. The van der Waals surface area contributed by atoms with Crippen molar-refractivity contribution in [2.45, 2.75) is 78.4 Å². The van der Waals surface area contributed by atoms with Crippen LogP contribution in [-0.2, 0) is 49.1 Å². The number of halogens is 2. The summed E-state index contributed by atoms with van der Waals surface area (Å²) in [7, 11) is 0. The molecule has 0 aliphatic heterocycles. The fourth-order valence-corrected chi connectivity index (χ4v) is 8.71. The van der Waals surface area contributed by atoms with Gasteiger partial charge in [0.15, 0.2) is 0 Å². The molecule has 0 saturated heterocycles. The van der Waals surface area contributed by atoms with Crippen LogP contribution in [0, 0.1) is 13.8 Å². The summed E-state index contributed by atoms with van der Waals surface area (Å²) < 4.78 is 25.4. The highest BCUT2D eigenvalue weighted by Gasteiger charge is 2.19. The van der Waals surface area contributed by atoms with Crippen LogP contribution in [0.2, 0.25) is 10.0 Å². The molecule has 2 heterocycles. The smallest absolute Gasteiger partial charge is 0.306 e. The van der Waals surface area contributed by atoms with Crippen LogP contribution in [-0.4, -0.2) is 77.6 Å². The number of imidazole rings is 2. The molecule has 0 radical (unpaired) electrons. The van der Waals surface area contributed by atoms with Crippen LogP contribution < -0.4 is 29.6 Å². The Bertz CT molecular complexity index is 2920. The van der Waals surface area contributed by atoms with Gasteiger partial charge in [-0.1, -0.05) is 83.9 Å². The number of aliphatic hydroxyl groups is 2. The first kappa shape index (κ1) is 51.2. The molecule has 8 rings (SSSR count). The number of carboxylic acid groups (broad SMARTS) is 2. The zero-order valence-corrected chi connectivity index (χ0v) is 41.0. The van der Waals surface area contributed by atoms with Crippen molar-refractivity contribution in [2.75, 3.05) is 13.1 Å². The third kappa shape index (κ3) is 13.2. The van der Waals surface area contributed by atoms with Crippen LogP contribution in [0.1, 0.15) is 57.9 Å². The van der Waals surface area contributed by atoms with Gasteiger partial charge < -0.3 is 60.0 Å². The van der Waals surface area contributed by atoms with Gasteiger partial charge in [0.25, 0.3) is 0 Å². The lowest BCUT2D eigenvalue weighted by Crippen LogP contribution is -2.28. The van der Waals surface area contributed by atoms with E-state index in [9.17, 15) is 19.8 Å². The van der Waals surface area contributed by atoms with Gasteiger partial charge in [-0.15, -0.1) is 0 Å². The van der Waals surface area contributed by atoms with E-state index in [4.69, 9.17) is 52.4 Å². The molecule has 72 heavy (non-hydrogen) atoms. The number of nitrogens with zero attached hydrogens (tertiary/aromatic N) is 2. The molecule has 0 aliphatic carbocycles. The lowest BCUT2D eigenvalue weighted by molar-refractivity contribution is -0.140. The molecule has 16 nitrogen and oxygen atoms in total. The number of para-hydroxylation sites is 4. The normalized spacial score (nSPS) is 12.2. The maximum atomic E-state index is 11.1. The first-order valence-corrected chi connectivity index (χ1v) is 23.9. The molecule has 0 fully saturated rings. The molecule has 0 unspecified atom stereocenters. The van der Waals surface area contributed by atoms with Gasteiger partial charge in [0.2, 0.25) is 0 Å². The Labute approximate surface area is 424 Å². The maximum absolute atomic E-state index is 11.1. The van der Waals surface area contributed by atoms with Crippen LogP contribution in [0.5, 0.6) is 23.0 Å². The summed E-state index contributed by atoms with van der Waals surface area (Å²) in [6.07, 6.45) is -2.93. The minimum absolute atomic E-state index is 0.0487. The Kier molecular flexibility index (Phi) is 16.9. The van der Waals surface area contributed by atoms with E-state index in [0.29, 0.717) is 55.8 Å². The quantitative estimate of drug-likeness (QED) is 0.0267. The monoisotopic (exact) mass is 1020 g/mol. The minimum atomic E-state index is -1.09. The van der Waals surface area contributed by atoms with E-state index in [1.54, 1.807) is 24.3 Å². The number of fused-ring (bicyclic) bond motifs is 2. The topological polar surface area (TPSA) is 233 Å². The van der Waals surface area contributed by atoms with Crippen LogP contribution in [0.15, 0.2) is 109 Å². The van der Waals surface area contributed by atoms with E-state index < -0.39 is 24.1 Å². The summed E-state index contributed by atoms with van der Waals surface area (Å²) in [6.45, 7) is 5.29. The number of carboxylic acids is 2. The summed E-state index contributed by atoms with van der Waals surface area (Å²) in [6, 6.07) is 34.4. The number of carbonyl (C=O) groups is 2. The molecule has 0 spiro atoms. The summed E-state index contributed by atoms with van der Waals surface area (Å²) in [5.74, 6) is 0.792. The van der Waals surface area contributed by atoms with Crippen LogP contribution in [0.3, 0.4) is 0 Å². The highest BCUT2D eigenvalue weighted by atomic mass is 35.5. The summed E-state index contributed by atoms with van der Waals surface area (Å²) in [5, 5.41) is 45.3. The van der Waals surface area contributed by atoms with Gasteiger partial charge in [-0.05, 0) is 83.6 Å². The second-order valence-corrected chi connectivity index (χ2v) is 18.1. The number of hydrogen-bond donors (Lipinski definition) is 8. The number of benzene rings is 6. The molecule has 0 aliphatic rings. The van der Waals surface area contributed by atoms with Gasteiger partial charge >= 0.3 is 11.9 Å². The third-order valence-corrected chi connectivity index (χ3v) is 12.6. The molecule has 0 amide bonds. The van der Waals surface area contributed by atoms with E-state index >= 15 is 0 Å². The maximum Gasteiger partial charge on any atom is 0.306 e. The fraction of sp³-hybridized carbons (Fsp3) is 0.259. The van der Waals surface area contributed by atoms with Gasteiger partial charge in [0.05, 0.1) is 57.2 Å². The molecule has 2 atom stereocenters. The second-order valence-electron chi connectivity index (χ2n) is 17.3. The average molecular weight is 1020 g/mol. The average Bonchev–Trinajstić information content (AvgIpc) is 3.97.